The van der Waals surface area contributed by atoms with Crippen LogP contribution in [0.1, 0.15) is 44.9 Å². The van der Waals surface area contributed by atoms with E-state index in [1.165, 1.54) is 38.5 Å². The summed E-state index contributed by atoms with van der Waals surface area (Å²) < 4.78 is 0. The highest BCUT2D eigenvalue weighted by molar-refractivity contribution is 4.95. The van der Waals surface area contributed by atoms with Crippen molar-refractivity contribution in [1.29, 1.82) is 0 Å². The molecule has 16 heavy (non-hydrogen) atoms. The molecule has 0 spiro atoms. The normalized spacial score (nSPS) is 25.9. The zero-order chi connectivity index (χ0) is 11.5. The lowest BCUT2D eigenvalue weighted by molar-refractivity contribution is 0.606. The Kier molecular flexibility index (Phi) is 7.49. The molecule has 0 radical (unpaired) electrons. The summed E-state index contributed by atoms with van der Waals surface area (Å²) >= 11 is 0. The minimum atomic E-state index is 0.652. The lowest BCUT2D eigenvalue weighted by Crippen LogP contribution is -1.93. The predicted octanol–water partition coefficient (Wildman–Crippen LogP) is 5.20. The molecular formula is C16H24. The van der Waals surface area contributed by atoms with E-state index in [4.69, 9.17) is 0 Å². The van der Waals surface area contributed by atoms with E-state index in [1.807, 2.05) is 0 Å². The Balaban J connectivity index is 2.43. The summed E-state index contributed by atoms with van der Waals surface area (Å²) in [5.74, 6) is 0.652. The van der Waals surface area contributed by atoms with Gasteiger partial charge in [0, 0.05) is 0 Å². The maximum Gasteiger partial charge on any atom is -0.0199 e. The fourth-order valence-electron chi connectivity index (χ4n) is 1.89. The molecule has 0 nitrogen and oxygen atoms in total. The van der Waals surface area contributed by atoms with Crippen LogP contribution in [0.3, 0.4) is 0 Å². The summed E-state index contributed by atoms with van der Waals surface area (Å²) in [4.78, 5) is 0. The van der Waals surface area contributed by atoms with Gasteiger partial charge in [0.25, 0.3) is 0 Å². The molecular weight excluding hydrogens is 192 g/mol. The van der Waals surface area contributed by atoms with E-state index >= 15 is 0 Å². The van der Waals surface area contributed by atoms with Gasteiger partial charge >= 0.3 is 0 Å². The van der Waals surface area contributed by atoms with E-state index in [1.54, 1.807) is 0 Å². The van der Waals surface area contributed by atoms with Crippen molar-refractivity contribution in [3.8, 4) is 0 Å². The molecule has 0 aliphatic heterocycles. The van der Waals surface area contributed by atoms with Crippen molar-refractivity contribution in [3.05, 3.63) is 49.1 Å². The number of hydrogen-bond acceptors (Lipinski definition) is 0. The lowest BCUT2D eigenvalue weighted by Gasteiger charge is -2.07. The number of rotatable bonds is 1. The molecule has 88 valence electrons. The topological polar surface area (TPSA) is 0 Å². The summed E-state index contributed by atoms with van der Waals surface area (Å²) in [5, 5.41) is 0. The molecule has 0 heteroatoms. The van der Waals surface area contributed by atoms with E-state index in [-0.39, 0.29) is 0 Å². The highest BCUT2D eigenvalue weighted by Crippen LogP contribution is 2.14. The van der Waals surface area contributed by atoms with Crippen LogP contribution in [-0.4, -0.2) is 0 Å². The molecule has 0 saturated carbocycles. The van der Waals surface area contributed by atoms with E-state index in [0.717, 1.165) is 6.42 Å². The quantitative estimate of drug-likeness (QED) is 0.528. The Labute approximate surface area is 100 Å². The average molecular weight is 216 g/mol. The first-order chi connectivity index (χ1) is 7.93. The van der Waals surface area contributed by atoms with Crippen molar-refractivity contribution >= 4 is 0 Å². The Morgan fingerprint density at radius 1 is 0.750 bits per heavy atom. The predicted molar refractivity (Wildman–Crippen MR) is 73.4 cm³/mol. The van der Waals surface area contributed by atoms with Gasteiger partial charge in [-0.2, -0.15) is 0 Å². The zero-order valence-electron chi connectivity index (χ0n) is 10.3. The molecule has 0 N–H and O–H groups in total. The Hall–Kier alpha value is -1.04. The highest BCUT2D eigenvalue weighted by Gasteiger charge is 1.99. The lowest BCUT2D eigenvalue weighted by atomic mass is 9.98. The van der Waals surface area contributed by atoms with Gasteiger partial charge in [0.05, 0.1) is 0 Å². The first-order valence-corrected chi connectivity index (χ1v) is 6.51. The van der Waals surface area contributed by atoms with Gasteiger partial charge in [-0.3, -0.25) is 0 Å². The maximum atomic E-state index is 3.92. The number of allylic oxidation sites excluding steroid dienone is 7. The van der Waals surface area contributed by atoms with Crippen molar-refractivity contribution in [2.24, 2.45) is 5.92 Å². The largest absolute Gasteiger partial charge is 0.103 e. The van der Waals surface area contributed by atoms with Gasteiger partial charge in [0.1, 0.15) is 0 Å². The van der Waals surface area contributed by atoms with Crippen molar-refractivity contribution in [1.82, 2.24) is 0 Å². The van der Waals surface area contributed by atoms with Crippen LogP contribution >= 0.6 is 0 Å². The van der Waals surface area contributed by atoms with E-state index in [9.17, 15) is 0 Å². The van der Waals surface area contributed by atoms with Gasteiger partial charge in [0.2, 0.25) is 0 Å². The van der Waals surface area contributed by atoms with Crippen LogP contribution in [0.2, 0.25) is 0 Å². The van der Waals surface area contributed by atoms with Crippen molar-refractivity contribution in [3.63, 3.8) is 0 Å². The first-order valence-electron chi connectivity index (χ1n) is 6.51. The van der Waals surface area contributed by atoms with Crippen LogP contribution < -0.4 is 0 Å². The van der Waals surface area contributed by atoms with E-state index in [0.29, 0.717) is 5.92 Å². The molecule has 1 aliphatic rings. The third-order valence-electron chi connectivity index (χ3n) is 2.98. The van der Waals surface area contributed by atoms with E-state index < -0.39 is 0 Å². The molecule has 0 aromatic rings. The van der Waals surface area contributed by atoms with Gasteiger partial charge < -0.3 is 0 Å². The first kappa shape index (κ1) is 13.0. The fraction of sp³-hybridized carbons (Fsp3) is 0.500. The second kappa shape index (κ2) is 9.21. The molecule has 0 bridgehead atoms. The summed E-state index contributed by atoms with van der Waals surface area (Å²) in [6, 6.07) is 0. The summed E-state index contributed by atoms with van der Waals surface area (Å²) in [7, 11) is 0. The second-order valence-electron chi connectivity index (χ2n) is 4.38. The molecule has 0 aromatic carbocycles. The van der Waals surface area contributed by atoms with Gasteiger partial charge in [-0.25, -0.2) is 0 Å². The summed E-state index contributed by atoms with van der Waals surface area (Å²) in [5.41, 5.74) is 0. The third kappa shape index (κ3) is 6.44. The Morgan fingerprint density at radius 3 is 1.81 bits per heavy atom. The molecule has 0 aromatic heterocycles. The molecule has 0 fully saturated rings. The van der Waals surface area contributed by atoms with Crippen molar-refractivity contribution in [2.45, 2.75) is 44.9 Å². The van der Waals surface area contributed by atoms with Crippen LogP contribution in [0.5, 0.6) is 0 Å². The highest BCUT2D eigenvalue weighted by atomic mass is 14.0. The fourth-order valence-corrected chi connectivity index (χ4v) is 1.89. The second-order valence-corrected chi connectivity index (χ2v) is 4.38. The number of hydrogen-bond donors (Lipinski definition) is 0. The minimum Gasteiger partial charge on any atom is -0.103 e. The molecule has 0 amide bonds. The molecule has 1 rings (SSSR count). The zero-order valence-corrected chi connectivity index (χ0v) is 10.3. The van der Waals surface area contributed by atoms with Crippen molar-refractivity contribution < 1.29 is 0 Å². The monoisotopic (exact) mass is 216 g/mol. The molecule has 1 aliphatic carbocycles. The van der Waals surface area contributed by atoms with Crippen LogP contribution in [0, 0.1) is 5.92 Å². The molecule has 0 saturated heterocycles. The summed E-state index contributed by atoms with van der Waals surface area (Å²) in [6.45, 7) is 3.92. The van der Waals surface area contributed by atoms with Crippen LogP contribution in [0.25, 0.3) is 0 Å². The van der Waals surface area contributed by atoms with Crippen LogP contribution in [-0.2, 0) is 0 Å². The third-order valence-corrected chi connectivity index (χ3v) is 2.98. The standard InChI is InChI=1S/C16H24/c1-2-16-14-12-10-8-6-4-3-5-7-9-11-13-15-16/h2-4,9-12,16H,1,5-8,13-15H2/b4-3?,11-9+,12-10?. The molecule has 0 heterocycles. The van der Waals surface area contributed by atoms with Crippen LogP contribution in [0.15, 0.2) is 49.1 Å². The van der Waals surface area contributed by atoms with Crippen LogP contribution in [0.4, 0.5) is 0 Å². The average Bonchev–Trinajstić information content (AvgIpc) is 2.32. The van der Waals surface area contributed by atoms with Gasteiger partial charge in [-0.05, 0) is 50.9 Å². The smallest absolute Gasteiger partial charge is 0.0199 e. The Morgan fingerprint density at radius 2 is 1.25 bits per heavy atom. The Bertz CT molecular complexity index is 255. The SMILES string of the molecule is C=CC1CC=CCCC=CCC/C=C/CC1. The maximum absolute atomic E-state index is 3.92. The van der Waals surface area contributed by atoms with Gasteiger partial charge in [0.15, 0.2) is 0 Å². The molecule has 1 unspecified atom stereocenters. The molecule has 1 atom stereocenters. The van der Waals surface area contributed by atoms with E-state index in [2.05, 4.69) is 49.1 Å². The minimum absolute atomic E-state index is 0.652. The van der Waals surface area contributed by atoms with Gasteiger partial charge in [-0.1, -0.05) is 42.5 Å². The van der Waals surface area contributed by atoms with Gasteiger partial charge in [-0.15, -0.1) is 6.58 Å². The summed E-state index contributed by atoms with van der Waals surface area (Å²) in [6.07, 6.45) is 24.3. The van der Waals surface area contributed by atoms with Crippen molar-refractivity contribution in [2.75, 3.05) is 0 Å².